The number of hydrogen-bond donors (Lipinski definition) is 0. The Morgan fingerprint density at radius 1 is 0.967 bits per heavy atom. The number of thioether (sulfide) groups is 1. The number of carbonyl (C=O) groups excluding carboxylic acids is 1. The fourth-order valence-corrected chi connectivity index (χ4v) is 5.10. The van der Waals surface area contributed by atoms with Gasteiger partial charge in [-0.05, 0) is 54.8 Å². The van der Waals surface area contributed by atoms with Gasteiger partial charge in [-0.2, -0.15) is 0 Å². The lowest BCUT2D eigenvalue weighted by Crippen LogP contribution is -2.29. The molecule has 0 bridgehead atoms. The van der Waals surface area contributed by atoms with Crippen LogP contribution in [-0.4, -0.2) is 30.2 Å². The molecule has 0 aromatic heterocycles. The van der Waals surface area contributed by atoms with Crippen LogP contribution in [0.3, 0.4) is 0 Å². The van der Waals surface area contributed by atoms with E-state index in [-0.39, 0.29) is 17.1 Å². The standard InChI is InChI=1S/C26H27NO2S/c1-29-22-12-14-23(15-13-22)30-26(28)24-17-19-27(18-16-20-8-4-2-5-9-20)25(24)21-10-6-3-7-11-21/h2-15,24-25H,16-19H2,1H3/t24-,25-/m1/s1. The Balaban J connectivity index is 1.50. The van der Waals surface area contributed by atoms with Gasteiger partial charge in [0.05, 0.1) is 7.11 Å². The fourth-order valence-electron chi connectivity index (χ4n) is 4.20. The van der Waals surface area contributed by atoms with Crippen LogP contribution in [0.1, 0.15) is 23.6 Å². The maximum Gasteiger partial charge on any atom is 0.198 e. The van der Waals surface area contributed by atoms with E-state index in [9.17, 15) is 4.79 Å². The Morgan fingerprint density at radius 3 is 2.30 bits per heavy atom. The highest BCUT2D eigenvalue weighted by molar-refractivity contribution is 8.13. The Morgan fingerprint density at radius 2 is 1.63 bits per heavy atom. The van der Waals surface area contributed by atoms with Crippen molar-refractivity contribution in [1.29, 1.82) is 0 Å². The number of rotatable bonds is 7. The zero-order chi connectivity index (χ0) is 20.8. The summed E-state index contributed by atoms with van der Waals surface area (Å²) in [7, 11) is 1.65. The van der Waals surface area contributed by atoms with Gasteiger partial charge in [-0.25, -0.2) is 0 Å². The second kappa shape index (κ2) is 9.96. The third-order valence-electron chi connectivity index (χ3n) is 5.75. The number of hydrogen-bond acceptors (Lipinski definition) is 4. The summed E-state index contributed by atoms with van der Waals surface area (Å²) in [6, 6.07) is 28.9. The molecule has 3 aromatic rings. The van der Waals surface area contributed by atoms with Gasteiger partial charge in [0, 0.05) is 23.4 Å². The molecule has 0 N–H and O–H groups in total. The average Bonchev–Trinajstić information content (AvgIpc) is 3.23. The first-order valence-electron chi connectivity index (χ1n) is 10.4. The van der Waals surface area contributed by atoms with Gasteiger partial charge in [-0.3, -0.25) is 9.69 Å². The maximum atomic E-state index is 13.3. The van der Waals surface area contributed by atoms with Gasteiger partial charge in [0.2, 0.25) is 0 Å². The van der Waals surface area contributed by atoms with Crippen molar-refractivity contribution in [1.82, 2.24) is 4.90 Å². The zero-order valence-electron chi connectivity index (χ0n) is 17.2. The van der Waals surface area contributed by atoms with Crippen molar-refractivity contribution < 1.29 is 9.53 Å². The molecule has 0 aliphatic carbocycles. The van der Waals surface area contributed by atoms with Crippen LogP contribution in [0, 0.1) is 5.92 Å². The first kappa shape index (κ1) is 20.7. The van der Waals surface area contributed by atoms with Crippen LogP contribution in [0.25, 0.3) is 0 Å². The highest BCUT2D eigenvalue weighted by Gasteiger charge is 2.39. The summed E-state index contributed by atoms with van der Waals surface area (Å²) in [5.74, 6) is 0.803. The van der Waals surface area contributed by atoms with E-state index < -0.39 is 0 Å². The van der Waals surface area contributed by atoms with E-state index in [0.29, 0.717) is 0 Å². The Labute approximate surface area is 183 Å². The summed E-state index contributed by atoms with van der Waals surface area (Å²) in [4.78, 5) is 16.7. The molecule has 0 unspecified atom stereocenters. The summed E-state index contributed by atoms with van der Waals surface area (Å²) >= 11 is 1.35. The maximum absolute atomic E-state index is 13.3. The Kier molecular flexibility index (Phi) is 6.88. The monoisotopic (exact) mass is 417 g/mol. The Hall–Kier alpha value is -2.56. The smallest absolute Gasteiger partial charge is 0.198 e. The molecule has 2 atom stereocenters. The van der Waals surface area contributed by atoms with Crippen molar-refractivity contribution in [3.8, 4) is 5.75 Å². The summed E-state index contributed by atoms with van der Waals surface area (Å²) in [6.45, 7) is 1.91. The predicted octanol–water partition coefficient (Wildman–Crippen LogP) is 5.62. The minimum absolute atomic E-state index is 0.00437. The molecule has 4 rings (SSSR count). The second-order valence-electron chi connectivity index (χ2n) is 7.62. The molecule has 0 saturated carbocycles. The number of nitrogens with zero attached hydrogens (tertiary/aromatic N) is 1. The van der Waals surface area contributed by atoms with Crippen molar-refractivity contribution in [2.75, 3.05) is 20.2 Å². The zero-order valence-corrected chi connectivity index (χ0v) is 18.1. The van der Waals surface area contributed by atoms with Crippen molar-refractivity contribution in [3.05, 3.63) is 96.1 Å². The quantitative estimate of drug-likeness (QED) is 0.467. The largest absolute Gasteiger partial charge is 0.497 e. The van der Waals surface area contributed by atoms with Crippen molar-refractivity contribution in [2.45, 2.75) is 23.8 Å². The van der Waals surface area contributed by atoms with Crippen molar-refractivity contribution in [3.63, 3.8) is 0 Å². The van der Waals surface area contributed by atoms with Crippen LogP contribution >= 0.6 is 11.8 Å². The highest BCUT2D eigenvalue weighted by atomic mass is 32.2. The molecule has 154 valence electrons. The lowest BCUT2D eigenvalue weighted by atomic mass is 9.94. The molecule has 1 aliphatic heterocycles. The van der Waals surface area contributed by atoms with Gasteiger partial charge >= 0.3 is 0 Å². The van der Waals surface area contributed by atoms with E-state index in [0.717, 1.165) is 36.6 Å². The minimum Gasteiger partial charge on any atom is -0.497 e. The van der Waals surface area contributed by atoms with E-state index in [1.807, 2.05) is 30.3 Å². The molecule has 3 aromatic carbocycles. The second-order valence-corrected chi connectivity index (χ2v) is 8.70. The molecule has 1 aliphatic rings. The van der Waals surface area contributed by atoms with Crippen LogP contribution in [-0.2, 0) is 11.2 Å². The number of carbonyl (C=O) groups is 1. The molecule has 1 saturated heterocycles. The summed E-state index contributed by atoms with van der Waals surface area (Å²) in [5, 5.41) is 0.247. The number of ether oxygens (including phenoxy) is 1. The molecule has 0 radical (unpaired) electrons. The van der Waals surface area contributed by atoms with Crippen LogP contribution in [0.2, 0.25) is 0 Å². The molecular formula is C26H27NO2S. The summed E-state index contributed by atoms with van der Waals surface area (Å²) < 4.78 is 5.23. The summed E-state index contributed by atoms with van der Waals surface area (Å²) in [6.07, 6.45) is 1.90. The van der Waals surface area contributed by atoms with Gasteiger partial charge in [0.15, 0.2) is 5.12 Å². The molecule has 4 heteroatoms. The van der Waals surface area contributed by atoms with Gasteiger partial charge < -0.3 is 4.74 Å². The van der Waals surface area contributed by atoms with Crippen LogP contribution in [0.15, 0.2) is 89.8 Å². The topological polar surface area (TPSA) is 29.5 Å². The SMILES string of the molecule is COc1ccc(SC(=O)[C@@H]2CCN(CCc3ccccc3)[C@@H]2c2ccccc2)cc1. The molecule has 0 spiro atoms. The van der Waals surface area contributed by atoms with Gasteiger partial charge in [-0.15, -0.1) is 0 Å². The van der Waals surface area contributed by atoms with Crippen molar-refractivity contribution in [2.24, 2.45) is 5.92 Å². The van der Waals surface area contributed by atoms with Crippen molar-refractivity contribution >= 4 is 16.9 Å². The van der Waals surface area contributed by atoms with Crippen LogP contribution in [0.4, 0.5) is 0 Å². The first-order valence-corrected chi connectivity index (χ1v) is 11.2. The Bertz CT molecular complexity index is 944. The van der Waals surface area contributed by atoms with E-state index in [2.05, 4.69) is 59.5 Å². The summed E-state index contributed by atoms with van der Waals surface area (Å²) in [5.41, 5.74) is 2.57. The molecule has 30 heavy (non-hydrogen) atoms. The van der Waals surface area contributed by atoms with Gasteiger partial charge in [-0.1, -0.05) is 72.4 Å². The third kappa shape index (κ3) is 4.94. The van der Waals surface area contributed by atoms with Crippen LogP contribution < -0.4 is 4.74 Å². The molecule has 3 nitrogen and oxygen atoms in total. The highest BCUT2D eigenvalue weighted by Crippen LogP contribution is 2.41. The normalized spacial score (nSPS) is 19.0. The van der Waals surface area contributed by atoms with Crippen LogP contribution in [0.5, 0.6) is 5.75 Å². The predicted molar refractivity (Wildman–Crippen MR) is 123 cm³/mol. The molecule has 1 heterocycles. The molecular weight excluding hydrogens is 390 g/mol. The van der Waals surface area contributed by atoms with Gasteiger partial charge in [0.1, 0.15) is 5.75 Å². The van der Waals surface area contributed by atoms with E-state index >= 15 is 0 Å². The number of benzene rings is 3. The van der Waals surface area contributed by atoms with Gasteiger partial charge in [0.25, 0.3) is 0 Å². The first-order chi connectivity index (χ1) is 14.7. The average molecular weight is 418 g/mol. The molecule has 1 fully saturated rings. The lowest BCUT2D eigenvalue weighted by molar-refractivity contribution is -0.115. The third-order valence-corrected chi connectivity index (χ3v) is 6.77. The lowest BCUT2D eigenvalue weighted by Gasteiger charge is -2.28. The number of methoxy groups -OCH3 is 1. The van der Waals surface area contributed by atoms with E-state index in [1.54, 1.807) is 7.11 Å². The number of likely N-dealkylation sites (tertiary alicyclic amines) is 1. The molecule has 0 amide bonds. The van der Waals surface area contributed by atoms with E-state index in [4.69, 9.17) is 4.74 Å². The fraction of sp³-hybridized carbons (Fsp3) is 0.269. The minimum atomic E-state index is -0.00437. The van der Waals surface area contributed by atoms with E-state index in [1.165, 1.54) is 22.9 Å².